The maximum atomic E-state index is 4.78. The van der Waals surface area contributed by atoms with Gasteiger partial charge in [-0.15, -0.1) is 0 Å². The molecule has 0 spiro atoms. The number of pyridine rings is 1. The van der Waals surface area contributed by atoms with Crippen molar-refractivity contribution in [1.82, 2.24) is 15.2 Å². The van der Waals surface area contributed by atoms with E-state index < -0.39 is 0 Å². The van der Waals surface area contributed by atoms with E-state index in [1.165, 1.54) is 22.0 Å². The number of aromatic nitrogens is 1. The highest BCUT2D eigenvalue weighted by Gasteiger charge is 2.16. The second-order valence-electron chi connectivity index (χ2n) is 6.81. The monoisotopic (exact) mass is 327 g/mol. The van der Waals surface area contributed by atoms with Crippen molar-refractivity contribution < 1.29 is 0 Å². The largest absolute Gasteiger partial charge is 0.383 e. The Morgan fingerprint density at radius 3 is 2.96 bits per heavy atom. The van der Waals surface area contributed by atoms with Gasteiger partial charge in [0.25, 0.3) is 0 Å². The van der Waals surface area contributed by atoms with Crippen LogP contribution in [0, 0.1) is 6.92 Å². The van der Waals surface area contributed by atoms with Gasteiger partial charge in [0.15, 0.2) is 0 Å². The fourth-order valence-electron chi connectivity index (χ4n) is 3.33. The SMILES string of the molecule is Cc1cnc(N2CCCNCC2)c2cccc(NCCN(C)C)c12. The fraction of sp³-hybridized carbons (Fsp3) is 0.526. The Morgan fingerprint density at radius 2 is 2.12 bits per heavy atom. The molecule has 0 aliphatic carbocycles. The average molecular weight is 327 g/mol. The molecule has 1 saturated heterocycles. The summed E-state index contributed by atoms with van der Waals surface area (Å²) < 4.78 is 0. The topological polar surface area (TPSA) is 43.4 Å². The summed E-state index contributed by atoms with van der Waals surface area (Å²) in [6.07, 6.45) is 3.19. The first-order valence-electron chi connectivity index (χ1n) is 8.89. The summed E-state index contributed by atoms with van der Waals surface area (Å²) >= 11 is 0. The molecule has 1 fully saturated rings. The standard InChI is InChI=1S/C19H29N5/c1-15-14-22-19(24-11-5-8-20-9-13-24)16-6-4-7-17(18(15)16)21-10-12-23(2)3/h4,6-7,14,20-21H,5,8-13H2,1-3H3. The van der Waals surface area contributed by atoms with Gasteiger partial charge in [0, 0.05) is 55.4 Å². The molecule has 0 bridgehead atoms. The number of hydrogen-bond donors (Lipinski definition) is 2. The molecular formula is C19H29N5. The number of nitrogens with zero attached hydrogens (tertiary/aromatic N) is 3. The number of benzene rings is 1. The molecule has 24 heavy (non-hydrogen) atoms. The predicted octanol–water partition coefficient (Wildman–Crippen LogP) is 2.32. The van der Waals surface area contributed by atoms with E-state index in [-0.39, 0.29) is 0 Å². The molecule has 0 amide bonds. The lowest BCUT2D eigenvalue weighted by molar-refractivity contribution is 0.425. The van der Waals surface area contributed by atoms with Crippen molar-refractivity contribution in [2.45, 2.75) is 13.3 Å². The molecule has 0 unspecified atom stereocenters. The molecule has 3 rings (SSSR count). The van der Waals surface area contributed by atoms with Crippen LogP contribution in [0.1, 0.15) is 12.0 Å². The molecule has 5 heteroatoms. The molecule has 1 aromatic carbocycles. The van der Waals surface area contributed by atoms with Gasteiger partial charge in [-0.2, -0.15) is 0 Å². The van der Waals surface area contributed by atoms with E-state index in [2.05, 4.69) is 59.7 Å². The quantitative estimate of drug-likeness (QED) is 0.882. The van der Waals surface area contributed by atoms with E-state index >= 15 is 0 Å². The maximum absolute atomic E-state index is 4.78. The Balaban J connectivity index is 1.95. The normalized spacial score (nSPS) is 15.8. The van der Waals surface area contributed by atoms with Crippen LogP contribution in [0.15, 0.2) is 24.4 Å². The summed E-state index contributed by atoms with van der Waals surface area (Å²) in [6.45, 7) is 8.32. The van der Waals surface area contributed by atoms with Crippen LogP contribution in [-0.2, 0) is 0 Å². The average Bonchev–Trinajstić information content (AvgIpc) is 2.84. The Hall–Kier alpha value is -1.85. The minimum absolute atomic E-state index is 0.941. The number of fused-ring (bicyclic) bond motifs is 1. The van der Waals surface area contributed by atoms with Crippen LogP contribution in [-0.4, -0.2) is 63.2 Å². The minimum Gasteiger partial charge on any atom is -0.383 e. The molecule has 2 aromatic rings. The van der Waals surface area contributed by atoms with Gasteiger partial charge in [0.2, 0.25) is 0 Å². The molecule has 1 aliphatic heterocycles. The van der Waals surface area contributed by atoms with E-state index in [1.54, 1.807) is 0 Å². The number of rotatable bonds is 5. The van der Waals surface area contributed by atoms with Crippen molar-refractivity contribution in [3.05, 3.63) is 30.0 Å². The van der Waals surface area contributed by atoms with Crippen molar-refractivity contribution in [2.24, 2.45) is 0 Å². The summed E-state index contributed by atoms with van der Waals surface area (Å²) in [5.74, 6) is 1.12. The van der Waals surface area contributed by atoms with Gasteiger partial charge < -0.3 is 20.4 Å². The molecule has 0 atom stereocenters. The zero-order valence-corrected chi connectivity index (χ0v) is 15.1. The van der Waals surface area contributed by atoms with Crippen LogP contribution < -0.4 is 15.5 Å². The fourth-order valence-corrected chi connectivity index (χ4v) is 3.33. The third-order valence-electron chi connectivity index (χ3n) is 4.59. The van der Waals surface area contributed by atoms with Crippen molar-refractivity contribution in [2.75, 3.05) is 63.6 Å². The highest BCUT2D eigenvalue weighted by molar-refractivity contribution is 6.02. The summed E-state index contributed by atoms with van der Waals surface area (Å²) in [5, 5.41) is 9.63. The maximum Gasteiger partial charge on any atom is 0.136 e. The molecule has 130 valence electrons. The number of likely N-dealkylation sites (N-methyl/N-ethyl adjacent to an activating group) is 1. The van der Waals surface area contributed by atoms with E-state index in [4.69, 9.17) is 4.98 Å². The Morgan fingerprint density at radius 1 is 1.25 bits per heavy atom. The molecule has 0 radical (unpaired) electrons. The second kappa shape index (κ2) is 7.81. The number of aryl methyl sites for hydroxylation is 1. The molecule has 2 heterocycles. The summed E-state index contributed by atoms with van der Waals surface area (Å²) in [5.41, 5.74) is 2.44. The second-order valence-corrected chi connectivity index (χ2v) is 6.81. The molecule has 0 saturated carbocycles. The first kappa shape index (κ1) is 17.0. The van der Waals surface area contributed by atoms with Gasteiger partial charge in [0.05, 0.1) is 0 Å². The Kier molecular flexibility index (Phi) is 5.53. The lowest BCUT2D eigenvalue weighted by Crippen LogP contribution is -2.28. The van der Waals surface area contributed by atoms with E-state index in [1.807, 2.05) is 6.20 Å². The first-order valence-corrected chi connectivity index (χ1v) is 8.89. The van der Waals surface area contributed by atoms with Crippen LogP contribution in [0.2, 0.25) is 0 Å². The third-order valence-corrected chi connectivity index (χ3v) is 4.59. The van der Waals surface area contributed by atoms with Crippen LogP contribution in [0.3, 0.4) is 0 Å². The zero-order chi connectivity index (χ0) is 16.9. The first-order chi connectivity index (χ1) is 11.7. The van der Waals surface area contributed by atoms with Crippen LogP contribution in [0.4, 0.5) is 11.5 Å². The van der Waals surface area contributed by atoms with Crippen LogP contribution in [0.5, 0.6) is 0 Å². The third kappa shape index (κ3) is 3.79. The van der Waals surface area contributed by atoms with Crippen LogP contribution >= 0.6 is 0 Å². The van der Waals surface area contributed by atoms with Gasteiger partial charge in [-0.3, -0.25) is 0 Å². The molecule has 5 nitrogen and oxygen atoms in total. The molecular weight excluding hydrogens is 298 g/mol. The predicted molar refractivity (Wildman–Crippen MR) is 103 cm³/mol. The lowest BCUT2D eigenvalue weighted by atomic mass is 10.0. The van der Waals surface area contributed by atoms with Gasteiger partial charge in [0.1, 0.15) is 5.82 Å². The van der Waals surface area contributed by atoms with E-state index in [9.17, 15) is 0 Å². The smallest absolute Gasteiger partial charge is 0.136 e. The van der Waals surface area contributed by atoms with Gasteiger partial charge in [-0.25, -0.2) is 4.98 Å². The van der Waals surface area contributed by atoms with Crippen molar-refractivity contribution in [3.8, 4) is 0 Å². The van der Waals surface area contributed by atoms with Gasteiger partial charge >= 0.3 is 0 Å². The van der Waals surface area contributed by atoms with Crippen molar-refractivity contribution in [1.29, 1.82) is 0 Å². The van der Waals surface area contributed by atoms with Gasteiger partial charge in [-0.1, -0.05) is 12.1 Å². The summed E-state index contributed by atoms with van der Waals surface area (Å²) in [4.78, 5) is 9.40. The highest BCUT2D eigenvalue weighted by atomic mass is 15.2. The zero-order valence-electron chi connectivity index (χ0n) is 15.1. The lowest BCUT2D eigenvalue weighted by Gasteiger charge is -2.24. The molecule has 2 N–H and O–H groups in total. The van der Waals surface area contributed by atoms with Crippen molar-refractivity contribution >= 4 is 22.3 Å². The Labute approximate surface area is 145 Å². The minimum atomic E-state index is 0.941. The molecule has 1 aliphatic rings. The van der Waals surface area contributed by atoms with Gasteiger partial charge in [-0.05, 0) is 45.6 Å². The molecule has 1 aromatic heterocycles. The van der Waals surface area contributed by atoms with Crippen LogP contribution in [0.25, 0.3) is 10.8 Å². The number of hydrogen-bond acceptors (Lipinski definition) is 5. The summed E-state index contributed by atoms with van der Waals surface area (Å²) in [6, 6.07) is 6.53. The number of anilines is 2. The van der Waals surface area contributed by atoms with E-state index in [0.717, 1.165) is 51.5 Å². The van der Waals surface area contributed by atoms with Crippen molar-refractivity contribution in [3.63, 3.8) is 0 Å². The number of nitrogens with one attached hydrogen (secondary N) is 2. The highest BCUT2D eigenvalue weighted by Crippen LogP contribution is 2.32. The Bertz CT molecular complexity index is 675. The van der Waals surface area contributed by atoms with E-state index in [0.29, 0.717) is 0 Å². The summed E-state index contributed by atoms with van der Waals surface area (Å²) in [7, 11) is 4.21.